The van der Waals surface area contributed by atoms with Crippen LogP contribution in [0, 0.1) is 0 Å². The van der Waals surface area contributed by atoms with Crippen LogP contribution in [-0.2, 0) is 15.8 Å². The zero-order chi connectivity index (χ0) is 12.3. The van der Waals surface area contributed by atoms with E-state index in [2.05, 4.69) is 0 Å². The van der Waals surface area contributed by atoms with Crippen molar-refractivity contribution in [3.05, 3.63) is 0 Å². The third-order valence-electron chi connectivity index (χ3n) is 2.38. The van der Waals surface area contributed by atoms with Crippen molar-refractivity contribution in [3.8, 4) is 0 Å². The average molecular weight is 249 g/mol. The first-order valence-electron chi connectivity index (χ1n) is 5.37. The first-order chi connectivity index (χ1) is 7.29. The lowest BCUT2D eigenvalue weighted by Crippen LogP contribution is -2.43. The quantitative estimate of drug-likeness (QED) is 0.717. The lowest BCUT2D eigenvalue weighted by molar-refractivity contribution is 0.0217. The Labute approximate surface area is 98.4 Å². The van der Waals surface area contributed by atoms with E-state index in [1.54, 1.807) is 4.90 Å². The summed E-state index contributed by atoms with van der Waals surface area (Å²) < 4.78 is 25.0. The third-order valence-corrected chi connectivity index (χ3v) is 3.42. The number of ether oxygens (including phenoxy) is 1. The lowest BCUT2D eigenvalue weighted by atomic mass is 10.1. The summed E-state index contributed by atoms with van der Waals surface area (Å²) in [6.45, 7) is 6.44. The molecule has 1 rings (SSSR count). The highest BCUT2D eigenvalue weighted by molar-refractivity contribution is 7.79. The van der Waals surface area contributed by atoms with Crippen LogP contribution in [0.25, 0.3) is 0 Å². The molecule has 1 aliphatic rings. The van der Waals surface area contributed by atoms with Crippen LogP contribution in [0.15, 0.2) is 0 Å². The van der Waals surface area contributed by atoms with Gasteiger partial charge in [-0.3, -0.25) is 0 Å². The molecule has 16 heavy (non-hydrogen) atoms. The van der Waals surface area contributed by atoms with E-state index in [1.807, 2.05) is 20.8 Å². The largest absolute Gasteiger partial charge is 0.444 e. The van der Waals surface area contributed by atoms with Gasteiger partial charge in [0.25, 0.3) is 0 Å². The van der Waals surface area contributed by atoms with E-state index < -0.39 is 16.7 Å². The molecule has 94 valence electrons. The van der Waals surface area contributed by atoms with Crippen LogP contribution in [0.2, 0.25) is 0 Å². The van der Waals surface area contributed by atoms with Gasteiger partial charge in [0, 0.05) is 13.1 Å². The minimum atomic E-state index is -1.78. The molecule has 1 saturated heterocycles. The zero-order valence-corrected chi connectivity index (χ0v) is 10.7. The Morgan fingerprint density at radius 3 is 2.25 bits per heavy atom. The number of hydrogen-bond donors (Lipinski definition) is 1. The molecule has 1 atom stereocenters. The van der Waals surface area contributed by atoms with E-state index in [0.717, 1.165) is 0 Å². The van der Waals surface area contributed by atoms with Gasteiger partial charge in [-0.15, -0.1) is 0 Å². The molecule has 1 N–H and O–H groups in total. The number of carbonyl (C=O) groups is 1. The maximum absolute atomic E-state index is 11.7. The summed E-state index contributed by atoms with van der Waals surface area (Å²) in [5, 5.41) is -0.210. The van der Waals surface area contributed by atoms with Crippen LogP contribution in [0.1, 0.15) is 33.6 Å². The maximum atomic E-state index is 11.7. The predicted molar refractivity (Wildman–Crippen MR) is 61.6 cm³/mol. The Kier molecular flexibility index (Phi) is 4.32. The Bertz CT molecular complexity index is 279. The molecule has 6 heteroatoms. The molecule has 0 spiro atoms. The van der Waals surface area contributed by atoms with Crippen molar-refractivity contribution in [2.24, 2.45) is 0 Å². The normalized spacial score (nSPS) is 20.6. The van der Waals surface area contributed by atoms with Crippen LogP contribution in [0.5, 0.6) is 0 Å². The standard InChI is InChI=1S/C10H19NO4S/c1-10(2,3)15-9(12)11-6-4-8(5-7-11)16(13)14/h8H,4-7H2,1-3H3,(H,13,14). The fraction of sp³-hybridized carbons (Fsp3) is 0.900. The summed E-state index contributed by atoms with van der Waals surface area (Å²) in [7, 11) is 0. The number of likely N-dealkylation sites (tertiary alicyclic amines) is 1. The monoisotopic (exact) mass is 249 g/mol. The Morgan fingerprint density at radius 2 is 1.88 bits per heavy atom. The smallest absolute Gasteiger partial charge is 0.410 e. The van der Waals surface area contributed by atoms with Gasteiger partial charge in [-0.2, -0.15) is 0 Å². The van der Waals surface area contributed by atoms with E-state index in [4.69, 9.17) is 9.29 Å². The van der Waals surface area contributed by atoms with E-state index in [9.17, 15) is 9.00 Å². The topological polar surface area (TPSA) is 66.8 Å². The summed E-state index contributed by atoms with van der Waals surface area (Å²) in [6.07, 6.45) is 0.778. The van der Waals surface area contributed by atoms with Gasteiger partial charge in [0.1, 0.15) is 5.60 Å². The highest BCUT2D eigenvalue weighted by atomic mass is 32.2. The second-order valence-corrected chi connectivity index (χ2v) is 6.16. The summed E-state index contributed by atoms with van der Waals surface area (Å²) in [4.78, 5) is 13.2. The molecule has 0 radical (unpaired) electrons. The highest BCUT2D eigenvalue weighted by Crippen LogP contribution is 2.17. The first kappa shape index (κ1) is 13.4. The molecule has 1 amide bonds. The molecule has 0 saturated carbocycles. The van der Waals surface area contributed by atoms with Crippen molar-refractivity contribution in [1.82, 2.24) is 4.90 Å². The summed E-state index contributed by atoms with van der Waals surface area (Å²) >= 11 is -1.78. The molecule has 1 aliphatic heterocycles. The Hall–Kier alpha value is -0.620. The van der Waals surface area contributed by atoms with Gasteiger partial charge in [-0.1, -0.05) is 0 Å². The van der Waals surface area contributed by atoms with Crippen LogP contribution >= 0.6 is 0 Å². The maximum Gasteiger partial charge on any atom is 0.410 e. The number of amides is 1. The van der Waals surface area contributed by atoms with Gasteiger partial charge < -0.3 is 14.2 Å². The van der Waals surface area contributed by atoms with Gasteiger partial charge in [-0.25, -0.2) is 9.00 Å². The van der Waals surface area contributed by atoms with Crippen LogP contribution in [0.4, 0.5) is 4.79 Å². The Morgan fingerprint density at radius 1 is 1.38 bits per heavy atom. The predicted octanol–water partition coefficient (Wildman–Crippen LogP) is 1.61. The van der Waals surface area contributed by atoms with Crippen molar-refractivity contribution >= 4 is 17.2 Å². The summed E-state index contributed by atoms with van der Waals surface area (Å²) in [6, 6.07) is 0. The van der Waals surface area contributed by atoms with Crippen LogP contribution < -0.4 is 0 Å². The van der Waals surface area contributed by atoms with Gasteiger partial charge in [0.05, 0.1) is 5.25 Å². The SMILES string of the molecule is CC(C)(C)OC(=O)N1CCC(S(=O)O)CC1. The fourth-order valence-electron chi connectivity index (χ4n) is 1.57. The summed E-state index contributed by atoms with van der Waals surface area (Å²) in [5.41, 5.74) is -0.492. The third kappa shape index (κ3) is 4.09. The van der Waals surface area contributed by atoms with Gasteiger partial charge >= 0.3 is 6.09 Å². The van der Waals surface area contributed by atoms with E-state index in [-0.39, 0.29) is 11.3 Å². The van der Waals surface area contributed by atoms with Gasteiger partial charge in [-0.05, 0) is 33.6 Å². The molecule has 1 fully saturated rings. The molecule has 1 heterocycles. The zero-order valence-electron chi connectivity index (χ0n) is 9.93. The molecule has 0 aromatic rings. The molecular formula is C10H19NO4S. The molecular weight excluding hydrogens is 230 g/mol. The summed E-state index contributed by atoms with van der Waals surface area (Å²) in [5.74, 6) is 0. The van der Waals surface area contributed by atoms with Crippen molar-refractivity contribution in [3.63, 3.8) is 0 Å². The van der Waals surface area contributed by atoms with Crippen molar-refractivity contribution in [2.45, 2.75) is 44.5 Å². The Balaban J connectivity index is 2.42. The molecule has 5 nitrogen and oxygen atoms in total. The number of rotatable bonds is 1. The van der Waals surface area contributed by atoms with E-state index in [1.165, 1.54) is 0 Å². The number of hydrogen-bond acceptors (Lipinski definition) is 3. The van der Waals surface area contributed by atoms with E-state index in [0.29, 0.717) is 25.9 Å². The lowest BCUT2D eigenvalue weighted by Gasteiger charge is -2.32. The van der Waals surface area contributed by atoms with Crippen molar-refractivity contribution in [2.75, 3.05) is 13.1 Å². The number of piperidine rings is 1. The minimum Gasteiger partial charge on any atom is -0.444 e. The second-order valence-electron chi connectivity index (χ2n) is 4.94. The van der Waals surface area contributed by atoms with E-state index >= 15 is 0 Å². The van der Waals surface area contributed by atoms with Crippen molar-refractivity contribution < 1.29 is 18.3 Å². The van der Waals surface area contributed by atoms with Crippen molar-refractivity contribution in [1.29, 1.82) is 0 Å². The van der Waals surface area contributed by atoms with Crippen LogP contribution in [-0.4, -0.2) is 43.7 Å². The highest BCUT2D eigenvalue weighted by Gasteiger charge is 2.28. The molecule has 1 unspecified atom stereocenters. The second kappa shape index (κ2) is 5.14. The molecule has 0 aliphatic carbocycles. The molecule has 0 aromatic carbocycles. The molecule has 0 aromatic heterocycles. The average Bonchev–Trinajstić information content (AvgIpc) is 2.15. The number of carbonyl (C=O) groups excluding carboxylic acids is 1. The first-order valence-corrected chi connectivity index (χ1v) is 6.54. The molecule has 0 bridgehead atoms. The van der Waals surface area contributed by atoms with Gasteiger partial charge in [0.15, 0.2) is 11.1 Å². The van der Waals surface area contributed by atoms with Crippen LogP contribution in [0.3, 0.4) is 0 Å². The number of nitrogens with zero attached hydrogens (tertiary/aromatic N) is 1. The minimum absolute atomic E-state index is 0.210. The fourth-order valence-corrected chi connectivity index (χ4v) is 2.18. The van der Waals surface area contributed by atoms with Gasteiger partial charge in [0.2, 0.25) is 0 Å².